The maximum Gasteiger partial charge on any atom is 0.410 e. The van der Waals surface area contributed by atoms with Crippen LogP contribution in [0, 0.1) is 10.1 Å². The number of nitrogens with zero attached hydrogens (tertiary/aromatic N) is 2. The zero-order chi connectivity index (χ0) is 35.5. The Hall–Kier alpha value is -3.95. The van der Waals surface area contributed by atoms with Gasteiger partial charge in [0, 0.05) is 31.6 Å². The fourth-order valence-electron chi connectivity index (χ4n) is 7.17. The van der Waals surface area contributed by atoms with Crippen LogP contribution >= 0.6 is 0 Å². The average Bonchev–Trinajstić information content (AvgIpc) is 3.44. The van der Waals surface area contributed by atoms with Gasteiger partial charge in [-0.3, -0.25) is 15.0 Å². The highest BCUT2D eigenvalue weighted by molar-refractivity contribution is 5.79. The van der Waals surface area contributed by atoms with E-state index in [2.05, 4.69) is 24.3 Å². The van der Waals surface area contributed by atoms with Gasteiger partial charge < -0.3 is 38.6 Å². The van der Waals surface area contributed by atoms with Gasteiger partial charge in [0.05, 0.1) is 42.0 Å². The summed E-state index contributed by atoms with van der Waals surface area (Å²) in [6.07, 6.45) is -7.66. The second-order valence-electron chi connectivity index (χ2n) is 13.1. The van der Waals surface area contributed by atoms with Crippen LogP contribution in [-0.4, -0.2) is 102 Å². The first-order valence-corrected chi connectivity index (χ1v) is 16.9. The average molecular weight is 693 g/mol. The van der Waals surface area contributed by atoms with Crippen LogP contribution in [-0.2, 0) is 35.0 Å². The summed E-state index contributed by atoms with van der Waals surface area (Å²) in [6, 6.07) is 21.7. The van der Waals surface area contributed by atoms with Crippen LogP contribution in [0.5, 0.6) is 0 Å². The highest BCUT2D eigenvalue weighted by Gasteiger charge is 2.48. The van der Waals surface area contributed by atoms with Gasteiger partial charge >= 0.3 is 6.09 Å². The van der Waals surface area contributed by atoms with Gasteiger partial charge in [0.1, 0.15) is 24.9 Å². The standard InChI is InChI=1S/C37H44N2O11/c1-21(2)38(37(42)48-19-28-26-14-8-6-12-24(26)25-13-7-9-15-27(25)28)30-20-46-32(17-31(30)45-4)50-35-34(41)33(40)22(3)49-36(35)47-18-23-11-5-10-16-29(23)39(43)44/h5-16,21-22,28,30-36,40-41H,17-20H2,1-4H3/t22-,30+,31+,32+,33+,34+,35-,36-/m1/s1. The maximum absolute atomic E-state index is 13.8. The molecule has 0 spiro atoms. The molecule has 2 heterocycles. The van der Waals surface area contributed by atoms with Gasteiger partial charge in [0.25, 0.3) is 5.69 Å². The number of hydrogen-bond acceptors (Lipinski definition) is 11. The van der Waals surface area contributed by atoms with Crippen molar-refractivity contribution >= 4 is 11.8 Å². The molecular formula is C37H44N2O11. The zero-order valence-corrected chi connectivity index (χ0v) is 28.5. The zero-order valence-electron chi connectivity index (χ0n) is 28.5. The molecular weight excluding hydrogens is 648 g/mol. The number of amides is 1. The second kappa shape index (κ2) is 15.5. The smallest absolute Gasteiger partial charge is 0.410 e. The number of aliphatic hydroxyl groups excluding tert-OH is 2. The molecule has 2 fully saturated rings. The highest BCUT2D eigenvalue weighted by atomic mass is 16.7. The number of rotatable bonds is 11. The van der Waals surface area contributed by atoms with Crippen molar-refractivity contribution in [2.24, 2.45) is 0 Å². The van der Waals surface area contributed by atoms with Crippen molar-refractivity contribution in [1.29, 1.82) is 0 Å². The molecule has 0 bridgehead atoms. The maximum atomic E-state index is 13.8. The van der Waals surface area contributed by atoms with Gasteiger partial charge in [-0.2, -0.15) is 0 Å². The lowest BCUT2D eigenvalue weighted by Crippen LogP contribution is -2.61. The summed E-state index contributed by atoms with van der Waals surface area (Å²) in [6.45, 7) is 5.38. The molecule has 0 saturated carbocycles. The molecule has 13 heteroatoms. The van der Waals surface area contributed by atoms with Crippen molar-refractivity contribution in [3.8, 4) is 11.1 Å². The van der Waals surface area contributed by atoms with E-state index in [0.29, 0.717) is 5.56 Å². The lowest BCUT2D eigenvalue weighted by atomic mass is 9.98. The van der Waals surface area contributed by atoms with Crippen molar-refractivity contribution in [2.45, 2.75) is 94.9 Å². The minimum Gasteiger partial charge on any atom is -0.448 e. The molecule has 268 valence electrons. The lowest BCUT2D eigenvalue weighted by Gasteiger charge is -2.45. The number of hydrogen-bond donors (Lipinski definition) is 2. The second-order valence-corrected chi connectivity index (χ2v) is 13.1. The molecule has 0 aromatic heterocycles. The molecule has 50 heavy (non-hydrogen) atoms. The SMILES string of the molecule is CO[C@H]1C[C@H](O[C@H]2[C@H](OCc3ccccc3[N+](=O)[O-])O[C@H](C)[C@H](O)[C@@H]2O)OC[C@@H]1N(C(=O)OCC1c2ccccc2-c2ccccc21)C(C)C. The monoisotopic (exact) mass is 692 g/mol. The number of para-hydroxylation sites is 1. The van der Waals surface area contributed by atoms with Crippen LogP contribution in [0.15, 0.2) is 72.8 Å². The van der Waals surface area contributed by atoms with Crippen molar-refractivity contribution in [1.82, 2.24) is 4.90 Å². The number of nitro benzene ring substituents is 1. The summed E-state index contributed by atoms with van der Waals surface area (Å²) in [5.74, 6) is -0.0932. The molecule has 1 aliphatic carbocycles. The third-order valence-electron chi connectivity index (χ3n) is 9.75. The number of benzene rings is 3. The molecule has 0 unspecified atom stereocenters. The number of nitro groups is 1. The van der Waals surface area contributed by atoms with Crippen LogP contribution in [0.2, 0.25) is 0 Å². The van der Waals surface area contributed by atoms with Gasteiger partial charge in [-0.15, -0.1) is 0 Å². The number of carbonyl (C=O) groups excluding carboxylic acids is 1. The normalized spacial score (nSPS) is 27.8. The summed E-state index contributed by atoms with van der Waals surface area (Å²) >= 11 is 0. The Balaban J connectivity index is 1.12. The molecule has 0 radical (unpaired) electrons. The number of ether oxygens (including phenoxy) is 6. The van der Waals surface area contributed by atoms with Gasteiger partial charge in [-0.1, -0.05) is 60.7 Å². The van der Waals surface area contributed by atoms with E-state index in [1.807, 2.05) is 38.1 Å². The molecule has 2 aliphatic heterocycles. The van der Waals surface area contributed by atoms with Gasteiger partial charge in [-0.25, -0.2) is 4.79 Å². The topological polar surface area (TPSA) is 159 Å². The first kappa shape index (κ1) is 35.9. The van der Waals surface area contributed by atoms with Crippen LogP contribution in [0.1, 0.15) is 49.8 Å². The molecule has 2 N–H and O–H groups in total. The minimum absolute atomic E-state index is 0.0376. The Morgan fingerprint density at radius 3 is 2.28 bits per heavy atom. The van der Waals surface area contributed by atoms with E-state index in [9.17, 15) is 25.1 Å². The third kappa shape index (κ3) is 7.26. The first-order chi connectivity index (χ1) is 24.1. The van der Waals surface area contributed by atoms with Crippen molar-refractivity contribution in [3.05, 3.63) is 99.6 Å². The number of methoxy groups -OCH3 is 1. The quantitative estimate of drug-likeness (QED) is 0.211. The van der Waals surface area contributed by atoms with Gasteiger partial charge in [0.15, 0.2) is 12.6 Å². The van der Waals surface area contributed by atoms with Crippen LogP contribution < -0.4 is 0 Å². The van der Waals surface area contributed by atoms with E-state index in [1.165, 1.54) is 6.07 Å². The Morgan fingerprint density at radius 2 is 1.64 bits per heavy atom. The lowest BCUT2D eigenvalue weighted by molar-refractivity contribution is -0.386. The summed E-state index contributed by atoms with van der Waals surface area (Å²) < 4.78 is 35.9. The van der Waals surface area contributed by atoms with Crippen molar-refractivity contribution < 1.29 is 48.4 Å². The summed E-state index contributed by atoms with van der Waals surface area (Å²) in [7, 11) is 1.54. The van der Waals surface area contributed by atoms with E-state index < -0.39 is 60.2 Å². The van der Waals surface area contributed by atoms with Gasteiger partial charge in [0.2, 0.25) is 0 Å². The summed E-state index contributed by atoms with van der Waals surface area (Å²) in [4.78, 5) is 26.4. The van der Waals surface area contributed by atoms with Gasteiger partial charge in [-0.05, 0) is 49.1 Å². The molecule has 2 saturated heterocycles. The predicted molar refractivity (Wildman–Crippen MR) is 180 cm³/mol. The highest BCUT2D eigenvalue weighted by Crippen LogP contribution is 2.44. The Morgan fingerprint density at radius 1 is 1.00 bits per heavy atom. The minimum atomic E-state index is -1.41. The van der Waals surface area contributed by atoms with Crippen molar-refractivity contribution in [2.75, 3.05) is 20.3 Å². The van der Waals surface area contributed by atoms with E-state index >= 15 is 0 Å². The van der Waals surface area contributed by atoms with Crippen LogP contribution in [0.4, 0.5) is 10.5 Å². The number of aliphatic hydroxyl groups is 2. The molecule has 13 nitrogen and oxygen atoms in total. The van der Waals surface area contributed by atoms with Crippen LogP contribution in [0.3, 0.4) is 0 Å². The molecule has 1 amide bonds. The Labute approximate surface area is 290 Å². The predicted octanol–water partition coefficient (Wildman–Crippen LogP) is 4.75. The molecule has 3 aromatic rings. The molecule has 3 aliphatic rings. The molecule has 3 aromatic carbocycles. The number of fused-ring (bicyclic) bond motifs is 3. The fraction of sp³-hybridized carbons (Fsp3) is 0.486. The third-order valence-corrected chi connectivity index (χ3v) is 9.75. The van der Waals surface area contributed by atoms with E-state index in [-0.39, 0.29) is 43.9 Å². The molecule has 8 atom stereocenters. The van der Waals surface area contributed by atoms with E-state index in [1.54, 1.807) is 37.1 Å². The van der Waals surface area contributed by atoms with E-state index in [0.717, 1.165) is 22.3 Å². The van der Waals surface area contributed by atoms with E-state index in [4.69, 9.17) is 28.4 Å². The molecule has 6 rings (SSSR count). The first-order valence-electron chi connectivity index (χ1n) is 16.9. The summed E-state index contributed by atoms with van der Waals surface area (Å²) in [5.41, 5.74) is 4.70. The number of carbonyl (C=O) groups is 1. The van der Waals surface area contributed by atoms with Crippen LogP contribution in [0.25, 0.3) is 11.1 Å². The largest absolute Gasteiger partial charge is 0.448 e. The Bertz CT molecular complexity index is 1610. The Kier molecular flexibility index (Phi) is 11.1. The van der Waals surface area contributed by atoms with Crippen molar-refractivity contribution in [3.63, 3.8) is 0 Å². The fourth-order valence-corrected chi connectivity index (χ4v) is 7.17. The summed E-state index contributed by atoms with van der Waals surface area (Å²) in [5, 5.41) is 33.2.